The van der Waals surface area contributed by atoms with Gasteiger partial charge in [0.05, 0.1) is 6.54 Å². The Labute approximate surface area is 116 Å². The summed E-state index contributed by atoms with van der Waals surface area (Å²) in [5, 5.41) is 6.71. The highest BCUT2D eigenvalue weighted by Gasteiger charge is 2.28. The molecule has 1 saturated heterocycles. The predicted octanol–water partition coefficient (Wildman–Crippen LogP) is 1.12. The monoisotopic (exact) mass is 265 g/mol. The molecule has 1 aliphatic heterocycles. The van der Waals surface area contributed by atoms with Crippen molar-refractivity contribution in [2.45, 2.75) is 57.0 Å². The molecule has 1 heterocycles. The lowest BCUT2D eigenvalue weighted by molar-refractivity contribution is -0.123. The number of hydrogen-bond acceptors (Lipinski definition) is 3. The van der Waals surface area contributed by atoms with E-state index in [1.807, 2.05) is 0 Å². The molecule has 0 bridgehead atoms. The van der Waals surface area contributed by atoms with Gasteiger partial charge in [-0.15, -0.1) is 0 Å². The second kappa shape index (κ2) is 6.23. The van der Waals surface area contributed by atoms with Crippen molar-refractivity contribution in [3.8, 4) is 0 Å². The fourth-order valence-electron chi connectivity index (χ4n) is 2.91. The average Bonchev–Trinajstić information content (AvgIpc) is 3.28. The molecule has 2 N–H and O–H groups in total. The maximum absolute atomic E-state index is 12.0. The Kier molecular flexibility index (Phi) is 4.38. The molecule has 2 aliphatic carbocycles. The molecular weight excluding hydrogens is 238 g/mol. The van der Waals surface area contributed by atoms with E-state index in [9.17, 15) is 4.79 Å². The van der Waals surface area contributed by atoms with Gasteiger partial charge < -0.3 is 10.6 Å². The van der Waals surface area contributed by atoms with E-state index in [0.717, 1.165) is 31.6 Å². The molecule has 1 atom stereocenters. The van der Waals surface area contributed by atoms with Crippen molar-refractivity contribution < 1.29 is 4.79 Å². The van der Waals surface area contributed by atoms with Crippen LogP contribution < -0.4 is 10.6 Å². The van der Waals surface area contributed by atoms with E-state index in [1.165, 1.54) is 44.9 Å². The number of likely N-dealkylation sites (tertiary alicyclic amines) is 1. The molecule has 0 radical (unpaired) electrons. The Morgan fingerprint density at radius 3 is 2.63 bits per heavy atom. The highest BCUT2D eigenvalue weighted by molar-refractivity contribution is 5.78. The molecular formula is C15H27N3O. The zero-order chi connectivity index (χ0) is 13.1. The highest BCUT2D eigenvalue weighted by Crippen LogP contribution is 2.27. The Morgan fingerprint density at radius 2 is 1.89 bits per heavy atom. The van der Waals surface area contributed by atoms with Gasteiger partial charge in [0, 0.05) is 25.2 Å². The van der Waals surface area contributed by atoms with Gasteiger partial charge in [0.15, 0.2) is 0 Å². The summed E-state index contributed by atoms with van der Waals surface area (Å²) in [5.74, 6) is 1.00. The van der Waals surface area contributed by atoms with Crippen LogP contribution in [0.1, 0.15) is 44.9 Å². The lowest BCUT2D eigenvalue weighted by Crippen LogP contribution is -2.49. The average molecular weight is 265 g/mol. The summed E-state index contributed by atoms with van der Waals surface area (Å²) in [6.45, 7) is 3.66. The second-order valence-corrected chi connectivity index (χ2v) is 6.55. The van der Waals surface area contributed by atoms with Crippen molar-refractivity contribution in [3.05, 3.63) is 0 Å². The molecule has 3 rings (SSSR count). The summed E-state index contributed by atoms with van der Waals surface area (Å²) < 4.78 is 0. The smallest absolute Gasteiger partial charge is 0.234 e. The first-order chi connectivity index (χ1) is 9.31. The largest absolute Gasteiger partial charge is 0.355 e. The first-order valence-electron chi connectivity index (χ1n) is 8.05. The predicted molar refractivity (Wildman–Crippen MR) is 76.0 cm³/mol. The van der Waals surface area contributed by atoms with Crippen LogP contribution in [0.5, 0.6) is 0 Å². The van der Waals surface area contributed by atoms with Crippen molar-refractivity contribution in [3.63, 3.8) is 0 Å². The lowest BCUT2D eigenvalue weighted by atomic mass is 10.0. The quantitative estimate of drug-likeness (QED) is 0.725. The molecule has 4 nitrogen and oxygen atoms in total. The molecule has 2 saturated carbocycles. The standard InChI is InChI=1S/C15H27N3O/c19-15(17-9-12-4-5-12)11-18-8-2-1-3-14(18)10-16-13-6-7-13/h12-14,16H,1-11H2,(H,17,19). The van der Waals surface area contributed by atoms with Crippen molar-refractivity contribution in [2.75, 3.05) is 26.2 Å². The van der Waals surface area contributed by atoms with Gasteiger partial charge in [0.25, 0.3) is 0 Å². The fourth-order valence-corrected chi connectivity index (χ4v) is 2.91. The van der Waals surface area contributed by atoms with E-state index in [4.69, 9.17) is 0 Å². The molecule has 3 aliphatic rings. The van der Waals surface area contributed by atoms with Crippen molar-refractivity contribution >= 4 is 5.91 Å². The molecule has 4 heteroatoms. The minimum Gasteiger partial charge on any atom is -0.355 e. The molecule has 0 spiro atoms. The molecule has 1 amide bonds. The van der Waals surface area contributed by atoms with E-state index in [0.29, 0.717) is 12.6 Å². The topological polar surface area (TPSA) is 44.4 Å². The van der Waals surface area contributed by atoms with Crippen molar-refractivity contribution in [2.24, 2.45) is 5.92 Å². The molecule has 3 fully saturated rings. The summed E-state index contributed by atoms with van der Waals surface area (Å²) in [6.07, 6.45) is 9.10. The van der Waals surface area contributed by atoms with Crippen LogP contribution in [0.15, 0.2) is 0 Å². The maximum Gasteiger partial charge on any atom is 0.234 e. The normalized spacial score (nSPS) is 28.3. The molecule has 108 valence electrons. The molecule has 1 unspecified atom stereocenters. The lowest BCUT2D eigenvalue weighted by Gasteiger charge is -2.35. The highest BCUT2D eigenvalue weighted by atomic mass is 16.2. The van der Waals surface area contributed by atoms with Gasteiger partial charge in [-0.2, -0.15) is 0 Å². The van der Waals surface area contributed by atoms with Crippen LogP contribution in [0.2, 0.25) is 0 Å². The number of piperidine rings is 1. The van der Waals surface area contributed by atoms with Gasteiger partial charge in [0.2, 0.25) is 5.91 Å². The minimum absolute atomic E-state index is 0.227. The van der Waals surface area contributed by atoms with Crippen LogP contribution in [-0.2, 0) is 4.79 Å². The summed E-state index contributed by atoms with van der Waals surface area (Å²) >= 11 is 0. The molecule has 0 aromatic carbocycles. The maximum atomic E-state index is 12.0. The van der Waals surface area contributed by atoms with Gasteiger partial charge in [-0.1, -0.05) is 6.42 Å². The number of carbonyl (C=O) groups is 1. The van der Waals surface area contributed by atoms with Crippen LogP contribution in [0.4, 0.5) is 0 Å². The first-order valence-corrected chi connectivity index (χ1v) is 8.05. The van der Waals surface area contributed by atoms with Crippen molar-refractivity contribution in [1.82, 2.24) is 15.5 Å². The molecule has 0 aromatic rings. The Bertz CT molecular complexity index is 313. The fraction of sp³-hybridized carbons (Fsp3) is 0.933. The number of amides is 1. The van der Waals surface area contributed by atoms with Crippen LogP contribution in [0.25, 0.3) is 0 Å². The number of rotatable bonds is 7. The zero-order valence-corrected chi connectivity index (χ0v) is 11.9. The van der Waals surface area contributed by atoms with Gasteiger partial charge in [0.1, 0.15) is 0 Å². The summed E-state index contributed by atoms with van der Waals surface area (Å²) in [4.78, 5) is 14.4. The van der Waals surface area contributed by atoms with Crippen molar-refractivity contribution in [1.29, 1.82) is 0 Å². The minimum atomic E-state index is 0.227. The van der Waals surface area contributed by atoms with Crippen LogP contribution >= 0.6 is 0 Å². The number of carbonyl (C=O) groups excluding carboxylic acids is 1. The first kappa shape index (κ1) is 13.4. The zero-order valence-electron chi connectivity index (χ0n) is 11.9. The molecule has 0 aromatic heterocycles. The summed E-state index contributed by atoms with van der Waals surface area (Å²) in [5.41, 5.74) is 0. The third-order valence-electron chi connectivity index (χ3n) is 4.60. The molecule has 19 heavy (non-hydrogen) atoms. The third-order valence-corrected chi connectivity index (χ3v) is 4.60. The number of nitrogens with zero attached hydrogens (tertiary/aromatic N) is 1. The van der Waals surface area contributed by atoms with Crippen LogP contribution in [-0.4, -0.2) is 49.1 Å². The third kappa shape index (κ3) is 4.46. The Balaban J connectivity index is 1.40. The van der Waals surface area contributed by atoms with Gasteiger partial charge in [-0.3, -0.25) is 9.69 Å². The SMILES string of the molecule is O=C(CN1CCCCC1CNC1CC1)NCC1CC1. The van der Waals surface area contributed by atoms with Gasteiger partial charge in [-0.05, 0) is 51.0 Å². The van der Waals surface area contributed by atoms with E-state index in [1.54, 1.807) is 0 Å². The van der Waals surface area contributed by atoms with Gasteiger partial charge in [-0.25, -0.2) is 0 Å². The Morgan fingerprint density at radius 1 is 1.05 bits per heavy atom. The van der Waals surface area contributed by atoms with Crippen LogP contribution in [0.3, 0.4) is 0 Å². The second-order valence-electron chi connectivity index (χ2n) is 6.55. The summed E-state index contributed by atoms with van der Waals surface area (Å²) in [6, 6.07) is 1.34. The van der Waals surface area contributed by atoms with E-state index < -0.39 is 0 Å². The Hall–Kier alpha value is -0.610. The number of hydrogen-bond donors (Lipinski definition) is 2. The van der Waals surface area contributed by atoms with Gasteiger partial charge >= 0.3 is 0 Å². The van der Waals surface area contributed by atoms with E-state index in [2.05, 4.69) is 15.5 Å². The van der Waals surface area contributed by atoms with Crippen LogP contribution in [0, 0.1) is 5.92 Å². The van der Waals surface area contributed by atoms with E-state index >= 15 is 0 Å². The summed E-state index contributed by atoms with van der Waals surface area (Å²) in [7, 11) is 0. The number of nitrogens with one attached hydrogen (secondary N) is 2. The van der Waals surface area contributed by atoms with E-state index in [-0.39, 0.29) is 5.91 Å².